The van der Waals surface area contributed by atoms with Crippen molar-refractivity contribution in [2.75, 3.05) is 18.4 Å². The molecular weight excluding hydrogens is 332 g/mol. The minimum atomic E-state index is -0.921. The Balaban J connectivity index is 1.99. The molecule has 138 valence electrons. The number of carboxylic acids is 1. The first-order valence-corrected chi connectivity index (χ1v) is 8.56. The van der Waals surface area contributed by atoms with Gasteiger partial charge in [0.05, 0.1) is 5.41 Å². The molecule has 0 unspecified atom stereocenters. The molecule has 26 heavy (non-hydrogen) atoms. The van der Waals surface area contributed by atoms with E-state index in [0.717, 1.165) is 6.42 Å². The molecule has 0 aromatic heterocycles. The average molecular weight is 356 g/mol. The van der Waals surface area contributed by atoms with Gasteiger partial charge < -0.3 is 15.3 Å². The summed E-state index contributed by atoms with van der Waals surface area (Å²) in [7, 11) is 0. The number of carbonyl (C=O) groups excluding carboxylic acids is 2. The van der Waals surface area contributed by atoms with Crippen LogP contribution in [0.2, 0.25) is 0 Å². The molecule has 1 saturated carbocycles. The Morgan fingerprint density at radius 3 is 2.12 bits per heavy atom. The zero-order chi connectivity index (χ0) is 19.2. The molecule has 0 aliphatic heterocycles. The van der Waals surface area contributed by atoms with E-state index >= 15 is 0 Å². The number of carboxylic acid groups (broad SMARTS) is 1. The van der Waals surface area contributed by atoms with E-state index in [2.05, 4.69) is 18.5 Å². The molecule has 0 saturated heterocycles. The fourth-order valence-corrected chi connectivity index (χ4v) is 3.01. The van der Waals surface area contributed by atoms with E-state index in [1.165, 1.54) is 0 Å². The van der Waals surface area contributed by atoms with E-state index in [9.17, 15) is 19.5 Å². The van der Waals surface area contributed by atoms with E-state index in [-0.39, 0.29) is 18.2 Å². The summed E-state index contributed by atoms with van der Waals surface area (Å²) in [6, 6.07) is 6.54. The van der Waals surface area contributed by atoms with Crippen molar-refractivity contribution >= 4 is 23.5 Å². The van der Waals surface area contributed by atoms with Crippen LogP contribution in [0, 0.1) is 5.41 Å². The number of amides is 2. The third-order valence-corrected chi connectivity index (χ3v) is 4.67. The van der Waals surface area contributed by atoms with Crippen LogP contribution < -0.4 is 5.32 Å². The maximum atomic E-state index is 12.4. The topological polar surface area (TPSA) is 86.7 Å². The van der Waals surface area contributed by atoms with Crippen LogP contribution in [0.5, 0.6) is 0 Å². The van der Waals surface area contributed by atoms with E-state index in [1.807, 2.05) is 0 Å². The summed E-state index contributed by atoms with van der Waals surface area (Å²) in [6.07, 6.45) is 5.17. The minimum Gasteiger partial charge on any atom is -0.481 e. The van der Waals surface area contributed by atoms with Crippen molar-refractivity contribution in [2.45, 2.75) is 25.7 Å². The molecule has 2 N–H and O–H groups in total. The summed E-state index contributed by atoms with van der Waals surface area (Å²) in [5, 5.41) is 12.0. The molecule has 0 radical (unpaired) electrons. The number of aliphatic carboxylic acids is 1. The molecule has 6 heteroatoms. The van der Waals surface area contributed by atoms with Crippen LogP contribution in [0.15, 0.2) is 49.6 Å². The molecule has 1 fully saturated rings. The third-order valence-electron chi connectivity index (χ3n) is 4.67. The van der Waals surface area contributed by atoms with E-state index < -0.39 is 11.4 Å². The molecule has 1 aliphatic carbocycles. The van der Waals surface area contributed by atoms with Crippen molar-refractivity contribution in [1.29, 1.82) is 0 Å². The second kappa shape index (κ2) is 8.47. The Kier molecular flexibility index (Phi) is 6.33. The Bertz CT molecular complexity index is 695. The van der Waals surface area contributed by atoms with Crippen LogP contribution in [0.3, 0.4) is 0 Å². The van der Waals surface area contributed by atoms with Crippen molar-refractivity contribution in [3.8, 4) is 0 Å². The quantitative estimate of drug-likeness (QED) is 0.666. The van der Waals surface area contributed by atoms with Gasteiger partial charge in [-0.1, -0.05) is 18.6 Å². The summed E-state index contributed by atoms with van der Waals surface area (Å²) in [5.74, 6) is -1.39. The van der Waals surface area contributed by atoms with Gasteiger partial charge in [0, 0.05) is 30.8 Å². The lowest BCUT2D eigenvalue weighted by atomic mass is 9.66. The summed E-state index contributed by atoms with van der Waals surface area (Å²) in [5.41, 5.74) is 0.105. The van der Waals surface area contributed by atoms with Gasteiger partial charge in [-0.3, -0.25) is 14.4 Å². The lowest BCUT2D eigenvalue weighted by Crippen LogP contribution is -2.41. The fourth-order valence-electron chi connectivity index (χ4n) is 3.01. The van der Waals surface area contributed by atoms with Gasteiger partial charge in [-0.25, -0.2) is 0 Å². The average Bonchev–Trinajstić information content (AvgIpc) is 2.57. The second-order valence-corrected chi connectivity index (χ2v) is 6.53. The van der Waals surface area contributed by atoms with E-state index in [0.29, 0.717) is 37.2 Å². The lowest BCUT2D eigenvalue weighted by molar-refractivity contribution is -0.157. The number of benzene rings is 1. The Hall–Kier alpha value is -2.89. The summed E-state index contributed by atoms with van der Waals surface area (Å²) < 4.78 is 0. The number of nitrogens with zero attached hydrogens (tertiary/aromatic N) is 1. The molecule has 1 aromatic rings. The molecule has 1 aliphatic rings. The molecule has 2 rings (SSSR count). The first kappa shape index (κ1) is 19.4. The van der Waals surface area contributed by atoms with Crippen molar-refractivity contribution in [3.63, 3.8) is 0 Å². The molecule has 6 nitrogen and oxygen atoms in total. The van der Waals surface area contributed by atoms with Crippen LogP contribution in [0.4, 0.5) is 5.69 Å². The molecule has 2 amide bonds. The normalized spacial score (nSPS) is 14.6. The van der Waals surface area contributed by atoms with Gasteiger partial charge in [-0.15, -0.1) is 13.2 Å². The first-order valence-electron chi connectivity index (χ1n) is 8.56. The predicted molar refractivity (Wildman–Crippen MR) is 99.9 cm³/mol. The van der Waals surface area contributed by atoms with Crippen LogP contribution >= 0.6 is 0 Å². The smallest absolute Gasteiger partial charge is 0.310 e. The van der Waals surface area contributed by atoms with Crippen LogP contribution in [0.1, 0.15) is 36.0 Å². The zero-order valence-corrected chi connectivity index (χ0v) is 14.7. The van der Waals surface area contributed by atoms with Gasteiger partial charge in [0.1, 0.15) is 0 Å². The van der Waals surface area contributed by atoms with Gasteiger partial charge in [-0.05, 0) is 37.1 Å². The summed E-state index contributed by atoms with van der Waals surface area (Å²) in [6.45, 7) is 8.12. The number of hydrogen-bond donors (Lipinski definition) is 2. The van der Waals surface area contributed by atoms with Gasteiger partial charge in [0.15, 0.2) is 0 Å². The maximum absolute atomic E-state index is 12.4. The number of nitrogens with one attached hydrogen (secondary N) is 1. The highest BCUT2D eigenvalue weighted by Gasteiger charge is 2.45. The molecule has 0 spiro atoms. The Labute approximate surface area is 153 Å². The summed E-state index contributed by atoms with van der Waals surface area (Å²) in [4.78, 5) is 37.5. The van der Waals surface area contributed by atoms with Crippen LogP contribution in [0.25, 0.3) is 0 Å². The highest BCUT2D eigenvalue weighted by Crippen LogP contribution is 2.44. The lowest BCUT2D eigenvalue weighted by Gasteiger charge is -2.36. The van der Waals surface area contributed by atoms with E-state index in [1.54, 1.807) is 41.3 Å². The van der Waals surface area contributed by atoms with Crippen molar-refractivity contribution in [2.24, 2.45) is 5.41 Å². The molecule has 0 heterocycles. The summed E-state index contributed by atoms with van der Waals surface area (Å²) >= 11 is 0. The van der Waals surface area contributed by atoms with E-state index in [4.69, 9.17) is 0 Å². The van der Waals surface area contributed by atoms with Crippen molar-refractivity contribution in [1.82, 2.24) is 4.90 Å². The van der Waals surface area contributed by atoms with Crippen molar-refractivity contribution < 1.29 is 19.5 Å². The Morgan fingerprint density at radius 2 is 1.69 bits per heavy atom. The van der Waals surface area contributed by atoms with Gasteiger partial charge in [-0.2, -0.15) is 0 Å². The number of carbonyl (C=O) groups is 3. The fraction of sp³-hybridized carbons (Fsp3) is 0.350. The molecule has 0 bridgehead atoms. The molecular formula is C20H24N2O4. The highest BCUT2D eigenvalue weighted by atomic mass is 16.4. The highest BCUT2D eigenvalue weighted by molar-refractivity contribution is 5.97. The number of hydrogen-bond acceptors (Lipinski definition) is 3. The first-order chi connectivity index (χ1) is 12.4. The van der Waals surface area contributed by atoms with Gasteiger partial charge in [0.25, 0.3) is 5.91 Å². The number of anilines is 1. The zero-order valence-electron chi connectivity index (χ0n) is 14.7. The van der Waals surface area contributed by atoms with Crippen LogP contribution in [-0.4, -0.2) is 40.9 Å². The third kappa shape index (κ3) is 4.39. The molecule has 0 atom stereocenters. The predicted octanol–water partition coefficient (Wildman–Crippen LogP) is 3.08. The monoisotopic (exact) mass is 356 g/mol. The maximum Gasteiger partial charge on any atom is 0.310 e. The minimum absolute atomic E-state index is 0.0323. The second-order valence-electron chi connectivity index (χ2n) is 6.53. The Morgan fingerprint density at radius 1 is 1.12 bits per heavy atom. The SMILES string of the molecule is C=CCN(CC=C)C(=O)c1ccc(NC(=O)CC2(C(=O)O)CCC2)cc1. The van der Waals surface area contributed by atoms with Crippen LogP contribution in [-0.2, 0) is 9.59 Å². The standard InChI is InChI=1S/C20H24N2O4/c1-3-12-22(13-4-2)18(24)15-6-8-16(9-7-15)21-17(23)14-20(19(25)26)10-5-11-20/h3-4,6-9H,1-2,5,10-14H2,(H,21,23)(H,25,26). The largest absolute Gasteiger partial charge is 0.481 e. The number of rotatable bonds is 9. The molecule has 1 aromatic carbocycles. The van der Waals surface area contributed by atoms with Crippen molar-refractivity contribution in [3.05, 3.63) is 55.1 Å². The van der Waals surface area contributed by atoms with Gasteiger partial charge in [0.2, 0.25) is 5.91 Å². The van der Waals surface area contributed by atoms with Gasteiger partial charge >= 0.3 is 5.97 Å².